The molecule has 0 unspecified atom stereocenters. The van der Waals surface area contributed by atoms with Crippen molar-refractivity contribution in [3.63, 3.8) is 0 Å². The quantitative estimate of drug-likeness (QED) is 0.658. The van der Waals surface area contributed by atoms with E-state index in [9.17, 15) is 23.3 Å². The molecule has 1 N–H and O–H groups in total. The molecule has 2 aromatic rings. The number of fused-ring (bicyclic) bond motifs is 1. The molecule has 130 valence electrons. The predicted molar refractivity (Wildman–Crippen MR) is 91.2 cm³/mol. The second-order valence-corrected chi connectivity index (χ2v) is 7.40. The van der Waals surface area contributed by atoms with Crippen LogP contribution in [0.4, 0.5) is 11.4 Å². The third kappa shape index (κ3) is 3.11. The van der Waals surface area contributed by atoms with E-state index in [1.54, 1.807) is 6.07 Å². The Labute approximate surface area is 144 Å². The van der Waals surface area contributed by atoms with Crippen molar-refractivity contribution >= 4 is 27.3 Å². The van der Waals surface area contributed by atoms with E-state index in [4.69, 9.17) is 0 Å². The zero-order valence-electron chi connectivity index (χ0n) is 13.3. The number of nitro benzene ring substituents is 1. The van der Waals surface area contributed by atoms with E-state index in [1.807, 2.05) is 0 Å². The third-order valence-electron chi connectivity index (χ3n) is 4.10. The van der Waals surface area contributed by atoms with Crippen LogP contribution in [0.5, 0.6) is 0 Å². The van der Waals surface area contributed by atoms with E-state index in [0.29, 0.717) is 24.2 Å². The summed E-state index contributed by atoms with van der Waals surface area (Å²) in [5, 5.41) is 10.9. The van der Waals surface area contributed by atoms with Crippen LogP contribution >= 0.6 is 0 Å². The lowest BCUT2D eigenvalue weighted by molar-refractivity contribution is -0.384. The standard InChI is InChI=1S/C16H15N3O5S/c1-17-25(23,24)14-6-3-12(4-7-14)16(20)18-9-8-11-2-5-13(19(21)22)10-15(11)18/h2-7,10,17H,8-9H2,1H3. The lowest BCUT2D eigenvalue weighted by Gasteiger charge is -2.17. The first kappa shape index (κ1) is 17.1. The molecule has 0 atom stereocenters. The molecular weight excluding hydrogens is 346 g/mol. The number of carbonyl (C=O) groups is 1. The largest absolute Gasteiger partial charge is 0.308 e. The van der Waals surface area contributed by atoms with Crippen LogP contribution < -0.4 is 9.62 Å². The number of hydrogen-bond acceptors (Lipinski definition) is 5. The normalized spacial score (nSPS) is 13.6. The van der Waals surface area contributed by atoms with Crippen molar-refractivity contribution in [3.8, 4) is 0 Å². The molecule has 0 radical (unpaired) electrons. The van der Waals surface area contributed by atoms with Crippen LogP contribution in [0.15, 0.2) is 47.4 Å². The number of anilines is 1. The van der Waals surface area contributed by atoms with Crippen molar-refractivity contribution in [3.05, 3.63) is 63.7 Å². The fraction of sp³-hybridized carbons (Fsp3) is 0.188. The molecule has 3 rings (SSSR count). The number of nitro groups is 1. The van der Waals surface area contributed by atoms with Crippen LogP contribution in [0, 0.1) is 10.1 Å². The number of non-ortho nitro benzene ring substituents is 1. The number of rotatable bonds is 4. The minimum absolute atomic E-state index is 0.0593. The molecule has 1 aliphatic rings. The van der Waals surface area contributed by atoms with Gasteiger partial charge < -0.3 is 4.90 Å². The van der Waals surface area contributed by atoms with Gasteiger partial charge in [-0.15, -0.1) is 0 Å². The maximum atomic E-state index is 12.7. The molecule has 2 aromatic carbocycles. The molecule has 0 spiro atoms. The van der Waals surface area contributed by atoms with Gasteiger partial charge in [-0.2, -0.15) is 0 Å². The highest BCUT2D eigenvalue weighted by Gasteiger charge is 2.27. The Morgan fingerprint density at radius 1 is 1.20 bits per heavy atom. The van der Waals surface area contributed by atoms with Gasteiger partial charge in [-0.25, -0.2) is 13.1 Å². The molecular formula is C16H15N3O5S. The second kappa shape index (κ2) is 6.26. The Morgan fingerprint density at radius 3 is 2.48 bits per heavy atom. The molecule has 1 aliphatic heterocycles. The molecule has 9 heteroatoms. The number of nitrogens with one attached hydrogen (secondary N) is 1. The number of sulfonamides is 1. The SMILES string of the molecule is CNS(=O)(=O)c1ccc(C(=O)N2CCc3ccc([N+](=O)[O-])cc32)cc1. The fourth-order valence-electron chi connectivity index (χ4n) is 2.74. The van der Waals surface area contributed by atoms with Gasteiger partial charge >= 0.3 is 0 Å². The molecule has 0 bridgehead atoms. The summed E-state index contributed by atoms with van der Waals surface area (Å²) in [6, 6.07) is 10.0. The molecule has 25 heavy (non-hydrogen) atoms. The van der Waals surface area contributed by atoms with Gasteiger partial charge in [0.05, 0.1) is 15.5 Å². The van der Waals surface area contributed by atoms with Crippen LogP contribution in [-0.2, 0) is 16.4 Å². The van der Waals surface area contributed by atoms with Crippen LogP contribution in [0.1, 0.15) is 15.9 Å². The number of amides is 1. The summed E-state index contributed by atoms with van der Waals surface area (Å²) >= 11 is 0. The molecule has 0 saturated heterocycles. The van der Waals surface area contributed by atoms with Crippen molar-refractivity contribution in [2.75, 3.05) is 18.5 Å². The summed E-state index contributed by atoms with van der Waals surface area (Å²) in [5.74, 6) is -0.326. The van der Waals surface area contributed by atoms with Gasteiger partial charge in [-0.3, -0.25) is 14.9 Å². The highest BCUT2D eigenvalue weighted by Crippen LogP contribution is 2.32. The summed E-state index contributed by atoms with van der Waals surface area (Å²) in [5.41, 5.74) is 1.63. The first-order valence-electron chi connectivity index (χ1n) is 7.46. The zero-order chi connectivity index (χ0) is 18.2. The zero-order valence-corrected chi connectivity index (χ0v) is 14.1. The van der Waals surface area contributed by atoms with Gasteiger partial charge in [0, 0.05) is 24.2 Å². The van der Waals surface area contributed by atoms with E-state index in [1.165, 1.54) is 48.3 Å². The van der Waals surface area contributed by atoms with Crippen molar-refractivity contribution in [2.45, 2.75) is 11.3 Å². The van der Waals surface area contributed by atoms with E-state index in [-0.39, 0.29) is 16.5 Å². The summed E-state index contributed by atoms with van der Waals surface area (Å²) in [6.45, 7) is 0.423. The van der Waals surface area contributed by atoms with Crippen LogP contribution in [-0.4, -0.2) is 32.8 Å². The Morgan fingerprint density at radius 2 is 1.88 bits per heavy atom. The molecule has 1 amide bonds. The average Bonchev–Trinajstić information content (AvgIpc) is 3.04. The smallest absolute Gasteiger partial charge is 0.271 e. The van der Waals surface area contributed by atoms with Crippen molar-refractivity contribution in [1.82, 2.24) is 4.72 Å². The Kier molecular flexibility index (Phi) is 4.27. The topological polar surface area (TPSA) is 110 Å². The summed E-state index contributed by atoms with van der Waals surface area (Å²) < 4.78 is 25.7. The summed E-state index contributed by atoms with van der Waals surface area (Å²) in [7, 11) is -2.27. The molecule has 0 aromatic heterocycles. The molecule has 0 fully saturated rings. The van der Waals surface area contributed by atoms with E-state index >= 15 is 0 Å². The highest BCUT2D eigenvalue weighted by atomic mass is 32.2. The number of nitrogens with zero attached hydrogens (tertiary/aromatic N) is 2. The van der Waals surface area contributed by atoms with E-state index in [2.05, 4.69) is 4.72 Å². The van der Waals surface area contributed by atoms with E-state index < -0.39 is 14.9 Å². The van der Waals surface area contributed by atoms with Gasteiger partial charge in [0.1, 0.15) is 0 Å². The van der Waals surface area contributed by atoms with Crippen molar-refractivity contribution in [2.24, 2.45) is 0 Å². The minimum atomic E-state index is -3.57. The number of hydrogen-bond donors (Lipinski definition) is 1. The van der Waals surface area contributed by atoms with E-state index in [0.717, 1.165) is 5.56 Å². The Balaban J connectivity index is 1.91. The maximum Gasteiger partial charge on any atom is 0.271 e. The lowest BCUT2D eigenvalue weighted by Crippen LogP contribution is -2.29. The van der Waals surface area contributed by atoms with Gasteiger partial charge in [-0.1, -0.05) is 6.07 Å². The number of carbonyl (C=O) groups excluding carboxylic acids is 1. The first-order chi connectivity index (χ1) is 11.8. The molecule has 1 heterocycles. The van der Waals surface area contributed by atoms with Gasteiger partial charge in [0.25, 0.3) is 11.6 Å². The predicted octanol–water partition coefficient (Wildman–Crippen LogP) is 1.71. The molecule has 8 nitrogen and oxygen atoms in total. The van der Waals surface area contributed by atoms with Crippen molar-refractivity contribution in [1.29, 1.82) is 0 Å². The lowest BCUT2D eigenvalue weighted by atomic mass is 10.1. The minimum Gasteiger partial charge on any atom is -0.308 e. The highest BCUT2D eigenvalue weighted by molar-refractivity contribution is 7.89. The monoisotopic (exact) mass is 361 g/mol. The van der Waals surface area contributed by atoms with Crippen LogP contribution in [0.3, 0.4) is 0 Å². The molecule has 0 aliphatic carbocycles. The fourth-order valence-corrected chi connectivity index (χ4v) is 3.47. The second-order valence-electron chi connectivity index (χ2n) is 5.51. The Hall–Kier alpha value is -2.78. The first-order valence-corrected chi connectivity index (χ1v) is 8.94. The Bertz CT molecular complexity index is 954. The van der Waals surface area contributed by atoms with Gasteiger partial charge in [0.15, 0.2) is 0 Å². The number of benzene rings is 2. The summed E-state index contributed by atoms with van der Waals surface area (Å²) in [6.07, 6.45) is 0.616. The average molecular weight is 361 g/mol. The van der Waals surface area contributed by atoms with Gasteiger partial charge in [0.2, 0.25) is 10.0 Å². The van der Waals surface area contributed by atoms with Crippen LogP contribution in [0.2, 0.25) is 0 Å². The summed E-state index contributed by atoms with van der Waals surface area (Å²) in [4.78, 5) is 24.7. The van der Waals surface area contributed by atoms with Crippen molar-refractivity contribution < 1.29 is 18.1 Å². The van der Waals surface area contributed by atoms with Crippen LogP contribution in [0.25, 0.3) is 0 Å². The molecule has 0 saturated carbocycles. The van der Waals surface area contributed by atoms with Gasteiger partial charge in [-0.05, 0) is 43.3 Å². The maximum absolute atomic E-state index is 12.7. The third-order valence-corrected chi connectivity index (χ3v) is 5.53.